The van der Waals surface area contributed by atoms with Crippen LogP contribution in [0.5, 0.6) is 0 Å². The average molecular weight is 720 g/mol. The fourth-order valence-electron chi connectivity index (χ4n) is 9.19. The smallest absolute Gasteiger partial charge is 0.0468 e. The van der Waals surface area contributed by atoms with Crippen LogP contribution in [0.15, 0.2) is 188 Å². The Hall–Kier alpha value is -6.48. The van der Waals surface area contributed by atoms with Gasteiger partial charge in [0.1, 0.15) is 0 Å². The van der Waals surface area contributed by atoms with Crippen LogP contribution < -0.4 is 4.90 Å². The van der Waals surface area contributed by atoms with E-state index in [9.17, 15) is 0 Å². The van der Waals surface area contributed by atoms with E-state index in [-0.39, 0.29) is 5.41 Å². The Kier molecular flexibility index (Phi) is 7.14. The summed E-state index contributed by atoms with van der Waals surface area (Å²) in [6.07, 6.45) is 0. The quantitative estimate of drug-likeness (QED) is 0.171. The largest absolute Gasteiger partial charge is 0.310 e. The molecule has 1 aliphatic carbocycles. The maximum absolute atomic E-state index is 2.42. The van der Waals surface area contributed by atoms with E-state index in [0.29, 0.717) is 0 Å². The molecule has 0 amide bonds. The highest BCUT2D eigenvalue weighted by Crippen LogP contribution is 2.54. The van der Waals surface area contributed by atoms with Gasteiger partial charge in [0.2, 0.25) is 0 Å². The Morgan fingerprint density at radius 3 is 1.42 bits per heavy atom. The number of thiophene rings is 1. The van der Waals surface area contributed by atoms with Crippen molar-refractivity contribution in [3.05, 3.63) is 199 Å². The van der Waals surface area contributed by atoms with Crippen molar-refractivity contribution in [2.45, 2.75) is 19.3 Å². The summed E-state index contributed by atoms with van der Waals surface area (Å²) in [4.78, 5) is 5.01. The standard InChI is InChI=1S/C53H37NS/c1-53(2)51-45-24-20-41(50-29-28-49(55-50)36-12-4-3-5-13-36)30-39(45)18-25-47(51)48-26-19-40-33-44(23-27-46(40)52(48)53)54(42-21-16-34-10-6-8-14-37(34)31-42)43-22-17-35-11-7-9-15-38(35)32-43/h3-33H,1-2H3. The van der Waals surface area contributed by atoms with Crippen molar-refractivity contribution in [2.75, 3.05) is 4.90 Å². The molecular weight excluding hydrogens is 683 g/mol. The highest BCUT2D eigenvalue weighted by Gasteiger charge is 2.38. The first-order chi connectivity index (χ1) is 27.0. The Morgan fingerprint density at radius 1 is 0.364 bits per heavy atom. The lowest BCUT2D eigenvalue weighted by atomic mass is 9.78. The van der Waals surface area contributed by atoms with Crippen LogP contribution in [-0.2, 0) is 5.41 Å². The number of hydrogen-bond donors (Lipinski definition) is 0. The molecule has 0 fully saturated rings. The minimum atomic E-state index is -0.174. The molecule has 11 rings (SSSR count). The van der Waals surface area contributed by atoms with E-state index in [2.05, 4.69) is 207 Å². The van der Waals surface area contributed by atoms with E-state index in [0.717, 1.165) is 17.1 Å². The van der Waals surface area contributed by atoms with Gasteiger partial charge in [-0.05, 0) is 131 Å². The van der Waals surface area contributed by atoms with E-state index < -0.39 is 0 Å². The lowest BCUT2D eigenvalue weighted by Crippen LogP contribution is -2.16. The highest BCUT2D eigenvalue weighted by atomic mass is 32.1. The van der Waals surface area contributed by atoms with Crippen molar-refractivity contribution < 1.29 is 0 Å². The zero-order valence-electron chi connectivity index (χ0n) is 30.8. The zero-order valence-corrected chi connectivity index (χ0v) is 31.6. The van der Waals surface area contributed by atoms with Crippen LogP contribution in [0.25, 0.3) is 75.1 Å². The first-order valence-corrected chi connectivity index (χ1v) is 19.9. The van der Waals surface area contributed by atoms with Crippen molar-refractivity contribution >= 4 is 71.5 Å². The molecule has 0 saturated heterocycles. The van der Waals surface area contributed by atoms with E-state index >= 15 is 0 Å². The van der Waals surface area contributed by atoms with Crippen LogP contribution in [0.4, 0.5) is 17.1 Å². The number of benzene rings is 9. The Bertz CT molecular complexity index is 3050. The molecule has 0 spiro atoms. The van der Waals surface area contributed by atoms with Gasteiger partial charge in [-0.3, -0.25) is 0 Å². The van der Waals surface area contributed by atoms with Crippen LogP contribution in [-0.4, -0.2) is 0 Å². The number of fused-ring (bicyclic) bond motifs is 9. The Labute approximate surface area is 325 Å². The molecule has 0 atom stereocenters. The van der Waals surface area contributed by atoms with Crippen molar-refractivity contribution in [1.29, 1.82) is 0 Å². The van der Waals surface area contributed by atoms with Gasteiger partial charge in [0.15, 0.2) is 0 Å². The van der Waals surface area contributed by atoms with Crippen LogP contribution >= 0.6 is 11.3 Å². The molecule has 9 aromatic carbocycles. The molecule has 2 heteroatoms. The van der Waals surface area contributed by atoms with Gasteiger partial charge in [0.05, 0.1) is 0 Å². The van der Waals surface area contributed by atoms with Crippen LogP contribution in [0.3, 0.4) is 0 Å². The predicted octanol–water partition coefficient (Wildman–Crippen LogP) is 15.5. The monoisotopic (exact) mass is 719 g/mol. The molecule has 1 heterocycles. The first kappa shape index (κ1) is 32.0. The lowest BCUT2D eigenvalue weighted by molar-refractivity contribution is 0.672. The number of hydrogen-bond acceptors (Lipinski definition) is 2. The summed E-state index contributed by atoms with van der Waals surface area (Å²) < 4.78 is 0. The summed E-state index contributed by atoms with van der Waals surface area (Å²) in [7, 11) is 0. The molecule has 0 radical (unpaired) electrons. The van der Waals surface area contributed by atoms with Crippen molar-refractivity contribution in [3.8, 4) is 32.0 Å². The molecule has 260 valence electrons. The summed E-state index contributed by atoms with van der Waals surface area (Å²) in [5.74, 6) is 0. The van der Waals surface area contributed by atoms with E-state index in [4.69, 9.17) is 0 Å². The SMILES string of the molecule is CC1(C)c2c(ccc3cc(-c4ccc(-c5ccccc5)s4)ccc23)-c2ccc3cc(N(c4ccc5ccccc5c4)c4ccc5ccccc5c4)ccc3c21. The van der Waals surface area contributed by atoms with Crippen LogP contribution in [0, 0.1) is 0 Å². The van der Waals surface area contributed by atoms with E-state index in [1.807, 2.05) is 11.3 Å². The fourth-order valence-corrected chi connectivity index (χ4v) is 10.2. The number of anilines is 3. The molecule has 0 aliphatic heterocycles. The first-order valence-electron chi connectivity index (χ1n) is 19.1. The summed E-state index contributed by atoms with van der Waals surface area (Å²) in [5, 5.41) is 10.1. The van der Waals surface area contributed by atoms with E-state index in [1.165, 1.54) is 86.2 Å². The number of rotatable bonds is 5. The maximum atomic E-state index is 2.42. The van der Waals surface area contributed by atoms with Crippen LogP contribution in [0.2, 0.25) is 0 Å². The third kappa shape index (κ3) is 5.13. The van der Waals surface area contributed by atoms with Gasteiger partial charge in [-0.25, -0.2) is 0 Å². The predicted molar refractivity (Wildman–Crippen MR) is 237 cm³/mol. The average Bonchev–Trinajstić information content (AvgIpc) is 3.82. The minimum absolute atomic E-state index is 0.174. The van der Waals surface area contributed by atoms with Gasteiger partial charge in [0.25, 0.3) is 0 Å². The Morgan fingerprint density at radius 2 is 0.818 bits per heavy atom. The molecule has 1 aromatic heterocycles. The Balaban J connectivity index is 1.01. The molecule has 0 unspecified atom stereocenters. The van der Waals surface area contributed by atoms with E-state index in [1.54, 1.807) is 0 Å². The summed E-state index contributed by atoms with van der Waals surface area (Å²) in [6.45, 7) is 4.83. The molecule has 55 heavy (non-hydrogen) atoms. The van der Waals surface area contributed by atoms with Gasteiger partial charge in [-0.2, -0.15) is 0 Å². The van der Waals surface area contributed by atoms with Crippen LogP contribution in [0.1, 0.15) is 25.0 Å². The zero-order chi connectivity index (χ0) is 36.7. The van der Waals surface area contributed by atoms with Gasteiger partial charge >= 0.3 is 0 Å². The third-order valence-electron chi connectivity index (χ3n) is 11.8. The number of nitrogens with zero attached hydrogens (tertiary/aromatic N) is 1. The molecule has 1 aliphatic rings. The summed E-state index contributed by atoms with van der Waals surface area (Å²) in [5.41, 5.74) is 11.3. The molecule has 1 nitrogen and oxygen atoms in total. The highest BCUT2D eigenvalue weighted by molar-refractivity contribution is 7.18. The molecule has 0 saturated carbocycles. The third-order valence-corrected chi connectivity index (χ3v) is 12.9. The maximum Gasteiger partial charge on any atom is 0.0468 e. The fraction of sp³-hybridized carbons (Fsp3) is 0.0566. The molecule has 10 aromatic rings. The van der Waals surface area contributed by atoms with Gasteiger partial charge < -0.3 is 4.90 Å². The summed E-state index contributed by atoms with van der Waals surface area (Å²) in [6, 6.07) is 69.6. The lowest BCUT2D eigenvalue weighted by Gasteiger charge is -2.28. The molecule has 0 bridgehead atoms. The van der Waals surface area contributed by atoms with Gasteiger partial charge in [-0.15, -0.1) is 11.3 Å². The van der Waals surface area contributed by atoms with Crippen molar-refractivity contribution in [1.82, 2.24) is 0 Å². The second kappa shape index (κ2) is 12.3. The normalized spacial score (nSPS) is 13.1. The van der Waals surface area contributed by atoms with Crippen molar-refractivity contribution in [2.24, 2.45) is 0 Å². The molecular formula is C53H37NS. The molecule has 0 N–H and O–H groups in total. The second-order valence-corrected chi connectivity index (χ2v) is 16.5. The van der Waals surface area contributed by atoms with Crippen molar-refractivity contribution in [3.63, 3.8) is 0 Å². The van der Waals surface area contributed by atoms with Gasteiger partial charge in [-0.1, -0.05) is 147 Å². The second-order valence-electron chi connectivity index (χ2n) is 15.4. The van der Waals surface area contributed by atoms with Gasteiger partial charge in [0, 0.05) is 32.2 Å². The topological polar surface area (TPSA) is 3.24 Å². The minimum Gasteiger partial charge on any atom is -0.310 e. The summed E-state index contributed by atoms with van der Waals surface area (Å²) >= 11 is 1.86.